The average molecular weight is 212 g/mol. The largest absolute Gasteiger partial charge is 0.341 e. The van der Waals surface area contributed by atoms with Gasteiger partial charge in [-0.15, -0.1) is 0 Å². The molecule has 0 spiro atoms. The Kier molecular flexibility index (Phi) is 5.09. The van der Waals surface area contributed by atoms with Crippen LogP contribution in [0.25, 0.3) is 0 Å². The molecule has 0 radical (unpaired) electrons. The summed E-state index contributed by atoms with van der Waals surface area (Å²) in [6.45, 7) is 9.30. The van der Waals surface area contributed by atoms with Gasteiger partial charge >= 0.3 is 0 Å². The number of carbonyl (C=O) groups is 1. The van der Waals surface area contributed by atoms with Gasteiger partial charge in [0.2, 0.25) is 5.91 Å². The van der Waals surface area contributed by atoms with E-state index in [1.54, 1.807) is 0 Å². The molecule has 0 aromatic rings. The fourth-order valence-corrected chi connectivity index (χ4v) is 2.31. The van der Waals surface area contributed by atoms with Gasteiger partial charge in [-0.2, -0.15) is 0 Å². The molecule has 1 amide bonds. The Bertz CT molecular complexity index is 200. The summed E-state index contributed by atoms with van der Waals surface area (Å²) in [5, 5.41) is 3.45. The number of amides is 1. The molecular weight excluding hydrogens is 188 g/mol. The van der Waals surface area contributed by atoms with Crippen molar-refractivity contribution in [3.8, 4) is 0 Å². The first-order valence-corrected chi connectivity index (χ1v) is 6.18. The van der Waals surface area contributed by atoms with E-state index in [2.05, 4.69) is 26.1 Å². The van der Waals surface area contributed by atoms with E-state index >= 15 is 0 Å². The minimum Gasteiger partial charge on any atom is -0.341 e. The average Bonchev–Trinajstić information content (AvgIpc) is 2.46. The van der Waals surface area contributed by atoms with Crippen LogP contribution in [0.15, 0.2) is 0 Å². The zero-order valence-corrected chi connectivity index (χ0v) is 10.3. The monoisotopic (exact) mass is 212 g/mol. The highest BCUT2D eigenvalue weighted by molar-refractivity contribution is 5.78. The van der Waals surface area contributed by atoms with Gasteiger partial charge in [0.05, 0.1) is 0 Å². The van der Waals surface area contributed by atoms with Gasteiger partial charge in [0.15, 0.2) is 0 Å². The van der Waals surface area contributed by atoms with E-state index in [0.29, 0.717) is 17.9 Å². The molecule has 15 heavy (non-hydrogen) atoms. The van der Waals surface area contributed by atoms with Crippen LogP contribution in [-0.2, 0) is 4.79 Å². The predicted molar refractivity (Wildman–Crippen MR) is 62.7 cm³/mol. The van der Waals surface area contributed by atoms with Crippen molar-refractivity contribution in [3.63, 3.8) is 0 Å². The van der Waals surface area contributed by atoms with Gasteiger partial charge in [-0.25, -0.2) is 0 Å². The Balaban J connectivity index is 2.39. The van der Waals surface area contributed by atoms with E-state index in [-0.39, 0.29) is 0 Å². The maximum Gasteiger partial charge on any atom is 0.222 e. The van der Waals surface area contributed by atoms with E-state index in [4.69, 9.17) is 0 Å². The van der Waals surface area contributed by atoms with E-state index in [1.165, 1.54) is 6.42 Å². The summed E-state index contributed by atoms with van der Waals surface area (Å²) >= 11 is 0. The number of hydrogen-bond acceptors (Lipinski definition) is 2. The van der Waals surface area contributed by atoms with Gasteiger partial charge in [0, 0.05) is 25.6 Å². The van der Waals surface area contributed by atoms with Crippen LogP contribution in [0.5, 0.6) is 0 Å². The summed E-state index contributed by atoms with van der Waals surface area (Å²) < 4.78 is 0. The van der Waals surface area contributed by atoms with Crippen LogP contribution in [0.4, 0.5) is 0 Å². The Morgan fingerprint density at radius 2 is 2.27 bits per heavy atom. The zero-order valence-electron chi connectivity index (χ0n) is 10.3. The topological polar surface area (TPSA) is 32.3 Å². The zero-order chi connectivity index (χ0) is 11.3. The van der Waals surface area contributed by atoms with Crippen LogP contribution < -0.4 is 5.32 Å². The molecule has 1 rings (SSSR count). The highest BCUT2D eigenvalue weighted by Crippen LogP contribution is 2.17. The predicted octanol–water partition coefficient (Wildman–Crippen LogP) is 1.63. The Hall–Kier alpha value is -0.570. The van der Waals surface area contributed by atoms with Gasteiger partial charge in [-0.3, -0.25) is 4.79 Å². The Morgan fingerprint density at radius 1 is 1.53 bits per heavy atom. The molecule has 1 heterocycles. The van der Waals surface area contributed by atoms with Gasteiger partial charge in [0.25, 0.3) is 0 Å². The molecule has 3 heteroatoms. The highest BCUT2D eigenvalue weighted by atomic mass is 16.2. The maximum absolute atomic E-state index is 11.6. The van der Waals surface area contributed by atoms with Crippen LogP contribution in [0.3, 0.4) is 0 Å². The van der Waals surface area contributed by atoms with Crippen molar-refractivity contribution in [2.45, 2.75) is 46.1 Å². The SMILES string of the molecule is CCCC(CN1CC(C)CC1=O)NCC. The summed E-state index contributed by atoms with van der Waals surface area (Å²) in [5.41, 5.74) is 0. The van der Waals surface area contributed by atoms with E-state index in [9.17, 15) is 4.79 Å². The molecule has 2 unspecified atom stereocenters. The van der Waals surface area contributed by atoms with Crippen LogP contribution >= 0.6 is 0 Å². The molecule has 1 N–H and O–H groups in total. The molecule has 3 nitrogen and oxygen atoms in total. The molecule has 88 valence electrons. The number of hydrogen-bond donors (Lipinski definition) is 1. The number of nitrogens with one attached hydrogen (secondary N) is 1. The van der Waals surface area contributed by atoms with Crippen molar-refractivity contribution in [3.05, 3.63) is 0 Å². The van der Waals surface area contributed by atoms with Gasteiger partial charge in [-0.1, -0.05) is 27.2 Å². The van der Waals surface area contributed by atoms with Crippen LogP contribution in [0, 0.1) is 5.92 Å². The van der Waals surface area contributed by atoms with E-state index in [0.717, 1.165) is 32.5 Å². The van der Waals surface area contributed by atoms with Crippen LogP contribution in [0.1, 0.15) is 40.0 Å². The first kappa shape index (κ1) is 12.5. The van der Waals surface area contributed by atoms with Gasteiger partial charge in [0.1, 0.15) is 0 Å². The third-order valence-corrected chi connectivity index (χ3v) is 2.98. The summed E-state index contributed by atoms with van der Waals surface area (Å²) in [4.78, 5) is 13.6. The minimum absolute atomic E-state index is 0.335. The van der Waals surface area contributed by atoms with Crippen molar-refractivity contribution in [2.75, 3.05) is 19.6 Å². The molecule has 1 aliphatic rings. The maximum atomic E-state index is 11.6. The molecule has 0 aromatic carbocycles. The van der Waals surface area contributed by atoms with Crippen LogP contribution in [0.2, 0.25) is 0 Å². The normalized spacial score (nSPS) is 23.5. The molecule has 0 bridgehead atoms. The molecule has 1 saturated heterocycles. The lowest BCUT2D eigenvalue weighted by molar-refractivity contribution is -0.128. The Labute approximate surface area is 93.2 Å². The lowest BCUT2D eigenvalue weighted by Gasteiger charge is -2.24. The molecule has 1 aliphatic heterocycles. The molecular formula is C12H24N2O. The molecule has 0 saturated carbocycles. The second kappa shape index (κ2) is 6.11. The summed E-state index contributed by atoms with van der Waals surface area (Å²) in [5.74, 6) is 0.878. The number of likely N-dealkylation sites (N-methyl/N-ethyl adjacent to an activating group) is 1. The highest BCUT2D eigenvalue weighted by Gasteiger charge is 2.27. The smallest absolute Gasteiger partial charge is 0.222 e. The lowest BCUT2D eigenvalue weighted by Crippen LogP contribution is -2.41. The number of nitrogens with zero attached hydrogens (tertiary/aromatic N) is 1. The molecule has 0 aliphatic carbocycles. The molecule has 0 aromatic heterocycles. The first-order chi connectivity index (χ1) is 7.17. The molecule has 1 fully saturated rings. The minimum atomic E-state index is 0.335. The molecule has 2 atom stereocenters. The van der Waals surface area contributed by atoms with E-state index < -0.39 is 0 Å². The third kappa shape index (κ3) is 3.82. The number of rotatable bonds is 6. The van der Waals surface area contributed by atoms with Gasteiger partial charge in [-0.05, 0) is 18.9 Å². The summed E-state index contributed by atoms with van der Waals surface area (Å²) in [7, 11) is 0. The summed E-state index contributed by atoms with van der Waals surface area (Å²) in [6.07, 6.45) is 3.08. The fraction of sp³-hybridized carbons (Fsp3) is 0.917. The van der Waals surface area contributed by atoms with Crippen molar-refractivity contribution in [2.24, 2.45) is 5.92 Å². The quantitative estimate of drug-likeness (QED) is 0.726. The first-order valence-electron chi connectivity index (χ1n) is 6.18. The Morgan fingerprint density at radius 3 is 2.73 bits per heavy atom. The fourth-order valence-electron chi connectivity index (χ4n) is 2.31. The number of carbonyl (C=O) groups excluding carboxylic acids is 1. The van der Waals surface area contributed by atoms with Crippen LogP contribution in [-0.4, -0.2) is 36.5 Å². The third-order valence-electron chi connectivity index (χ3n) is 2.98. The van der Waals surface area contributed by atoms with Crippen molar-refractivity contribution >= 4 is 5.91 Å². The van der Waals surface area contributed by atoms with E-state index in [1.807, 2.05) is 4.90 Å². The lowest BCUT2D eigenvalue weighted by atomic mass is 10.1. The van der Waals surface area contributed by atoms with Crippen molar-refractivity contribution < 1.29 is 4.79 Å². The second-order valence-corrected chi connectivity index (χ2v) is 4.65. The van der Waals surface area contributed by atoms with Crippen molar-refractivity contribution in [1.29, 1.82) is 0 Å². The van der Waals surface area contributed by atoms with Crippen molar-refractivity contribution in [1.82, 2.24) is 10.2 Å². The second-order valence-electron chi connectivity index (χ2n) is 4.65. The number of likely N-dealkylation sites (tertiary alicyclic amines) is 1. The summed E-state index contributed by atoms with van der Waals surface area (Å²) in [6, 6.07) is 0.481. The standard InChI is InChI=1S/C12H24N2O/c1-4-6-11(13-5-2)9-14-8-10(3)7-12(14)15/h10-11,13H,4-9H2,1-3H3. The van der Waals surface area contributed by atoms with Gasteiger partial charge < -0.3 is 10.2 Å².